The second kappa shape index (κ2) is 6.76. The van der Waals surface area contributed by atoms with Crippen molar-refractivity contribution in [2.24, 2.45) is 0 Å². The molecule has 1 aliphatic carbocycles. The first kappa shape index (κ1) is 16.0. The number of rotatable bonds is 4. The van der Waals surface area contributed by atoms with Crippen LogP contribution in [-0.2, 0) is 6.42 Å². The molecule has 0 bridgehead atoms. The fourth-order valence-corrected chi connectivity index (χ4v) is 4.13. The van der Waals surface area contributed by atoms with Crippen LogP contribution in [-0.4, -0.2) is 22.1 Å². The lowest BCUT2D eigenvalue weighted by Crippen LogP contribution is -2.18. The topological polar surface area (TPSA) is 59.9 Å². The average molecular weight is 356 g/mol. The van der Waals surface area contributed by atoms with Gasteiger partial charge in [-0.2, -0.15) is 4.98 Å². The number of nitrogens with zero attached hydrogens (tertiary/aromatic N) is 3. The monoisotopic (exact) mass is 356 g/mol. The fraction of sp³-hybridized carbons (Fsp3) is 0.278. The lowest BCUT2D eigenvalue weighted by atomic mass is 9.98. The largest absolute Gasteiger partial charge is 0.481 e. The summed E-state index contributed by atoms with van der Waals surface area (Å²) in [4.78, 5) is 14.7. The maximum absolute atomic E-state index is 13.1. The van der Waals surface area contributed by atoms with E-state index in [1.54, 1.807) is 42.8 Å². The Morgan fingerprint density at radius 1 is 1.20 bits per heavy atom. The normalized spacial score (nSPS) is 16.3. The van der Waals surface area contributed by atoms with Crippen molar-refractivity contribution in [1.82, 2.24) is 15.0 Å². The predicted octanol–water partition coefficient (Wildman–Crippen LogP) is 4.24. The van der Waals surface area contributed by atoms with E-state index in [0.29, 0.717) is 11.8 Å². The number of methoxy groups -OCH3 is 1. The zero-order valence-electron chi connectivity index (χ0n) is 13.7. The zero-order valence-corrected chi connectivity index (χ0v) is 14.5. The van der Waals surface area contributed by atoms with Crippen molar-refractivity contribution in [2.45, 2.75) is 25.3 Å². The number of benzene rings is 1. The van der Waals surface area contributed by atoms with Gasteiger partial charge in [0, 0.05) is 22.7 Å². The number of nitrogens with one attached hydrogen (secondary N) is 1. The summed E-state index contributed by atoms with van der Waals surface area (Å²) < 4.78 is 18.3. The highest BCUT2D eigenvalue weighted by Gasteiger charge is 2.25. The summed E-state index contributed by atoms with van der Waals surface area (Å²) in [6.45, 7) is 0. The van der Waals surface area contributed by atoms with Crippen LogP contribution in [0.2, 0.25) is 0 Å². The summed E-state index contributed by atoms with van der Waals surface area (Å²) in [6.07, 6.45) is 4.74. The molecule has 1 N–H and O–H groups in total. The molecule has 0 amide bonds. The molecule has 0 spiro atoms. The van der Waals surface area contributed by atoms with Crippen LogP contribution in [0.1, 0.15) is 29.5 Å². The Morgan fingerprint density at radius 2 is 2.04 bits per heavy atom. The van der Waals surface area contributed by atoms with E-state index in [1.807, 2.05) is 0 Å². The summed E-state index contributed by atoms with van der Waals surface area (Å²) in [5.41, 5.74) is 1.99. The molecule has 2 heterocycles. The third-order valence-electron chi connectivity index (χ3n) is 4.19. The molecule has 25 heavy (non-hydrogen) atoms. The minimum atomic E-state index is -0.236. The molecule has 0 fully saturated rings. The first-order valence-electron chi connectivity index (χ1n) is 8.12. The number of ether oxygens (including phenoxy) is 1. The highest BCUT2D eigenvalue weighted by molar-refractivity contribution is 7.15. The van der Waals surface area contributed by atoms with E-state index >= 15 is 0 Å². The van der Waals surface area contributed by atoms with Gasteiger partial charge in [0.1, 0.15) is 10.8 Å². The van der Waals surface area contributed by atoms with Gasteiger partial charge in [0.25, 0.3) is 0 Å². The molecule has 2 aromatic heterocycles. The maximum atomic E-state index is 13.1. The number of hydrogen-bond acceptors (Lipinski definition) is 6. The van der Waals surface area contributed by atoms with Crippen LogP contribution in [0.3, 0.4) is 0 Å². The molecule has 7 heteroatoms. The second-order valence-corrected chi connectivity index (χ2v) is 6.93. The average Bonchev–Trinajstić information content (AvgIpc) is 3.08. The summed E-state index contributed by atoms with van der Waals surface area (Å²) in [6, 6.07) is 8.26. The Bertz CT molecular complexity index is 881. The van der Waals surface area contributed by atoms with Gasteiger partial charge in [-0.3, -0.25) is 0 Å². The first-order valence-corrected chi connectivity index (χ1v) is 8.93. The van der Waals surface area contributed by atoms with Crippen LogP contribution in [0.15, 0.2) is 36.5 Å². The van der Waals surface area contributed by atoms with Gasteiger partial charge >= 0.3 is 0 Å². The van der Waals surface area contributed by atoms with E-state index in [2.05, 4.69) is 15.3 Å². The Morgan fingerprint density at radius 3 is 2.84 bits per heavy atom. The fourth-order valence-electron chi connectivity index (χ4n) is 2.96. The van der Waals surface area contributed by atoms with Crippen LogP contribution in [0.5, 0.6) is 5.88 Å². The predicted molar refractivity (Wildman–Crippen MR) is 95.4 cm³/mol. The van der Waals surface area contributed by atoms with Gasteiger partial charge in [-0.25, -0.2) is 14.4 Å². The van der Waals surface area contributed by atoms with Crippen molar-refractivity contribution < 1.29 is 9.13 Å². The van der Waals surface area contributed by atoms with Gasteiger partial charge in [-0.1, -0.05) is 0 Å². The zero-order chi connectivity index (χ0) is 17.2. The quantitative estimate of drug-likeness (QED) is 0.758. The minimum Gasteiger partial charge on any atom is -0.481 e. The molecule has 0 aliphatic heterocycles. The molecule has 1 atom stereocenters. The third kappa shape index (κ3) is 3.32. The van der Waals surface area contributed by atoms with Gasteiger partial charge in [-0.15, -0.1) is 11.3 Å². The van der Waals surface area contributed by atoms with Crippen molar-refractivity contribution >= 4 is 17.3 Å². The number of fused-ring (bicyclic) bond motifs is 1. The second-order valence-electron chi connectivity index (χ2n) is 5.85. The van der Waals surface area contributed by atoms with E-state index in [-0.39, 0.29) is 11.9 Å². The molecular weight excluding hydrogens is 339 g/mol. The van der Waals surface area contributed by atoms with E-state index in [0.717, 1.165) is 35.5 Å². The van der Waals surface area contributed by atoms with E-state index in [1.165, 1.54) is 17.0 Å². The Kier molecular flexibility index (Phi) is 4.31. The number of anilines is 1. The number of aryl methyl sites for hydroxylation is 1. The molecule has 0 saturated heterocycles. The Hall–Kier alpha value is -2.54. The maximum Gasteiger partial charge on any atom is 0.226 e. The molecule has 1 aliphatic rings. The van der Waals surface area contributed by atoms with E-state index < -0.39 is 0 Å². The van der Waals surface area contributed by atoms with Crippen molar-refractivity contribution in [2.75, 3.05) is 12.4 Å². The summed E-state index contributed by atoms with van der Waals surface area (Å²) >= 11 is 1.68. The highest BCUT2D eigenvalue weighted by Crippen LogP contribution is 2.38. The molecule has 0 radical (unpaired) electrons. The van der Waals surface area contributed by atoms with Gasteiger partial charge in [-0.05, 0) is 43.5 Å². The van der Waals surface area contributed by atoms with Gasteiger partial charge < -0.3 is 10.1 Å². The van der Waals surface area contributed by atoms with Crippen LogP contribution in [0.25, 0.3) is 10.6 Å². The molecule has 3 aromatic rings. The smallest absolute Gasteiger partial charge is 0.226 e. The SMILES string of the molecule is COc1ccnc(NC2CCCc3sc(-c4ccc(F)cc4)nc32)n1. The molecule has 128 valence electrons. The van der Waals surface area contributed by atoms with Crippen molar-refractivity contribution in [3.8, 4) is 16.5 Å². The molecule has 1 unspecified atom stereocenters. The van der Waals surface area contributed by atoms with Gasteiger partial charge in [0.05, 0.1) is 18.8 Å². The summed E-state index contributed by atoms with van der Waals surface area (Å²) in [5.74, 6) is 0.826. The van der Waals surface area contributed by atoms with E-state index in [9.17, 15) is 4.39 Å². The van der Waals surface area contributed by atoms with Crippen molar-refractivity contribution in [3.63, 3.8) is 0 Å². The summed E-state index contributed by atoms with van der Waals surface area (Å²) in [5, 5.41) is 4.29. The minimum absolute atomic E-state index is 0.0707. The van der Waals surface area contributed by atoms with Crippen molar-refractivity contribution in [3.05, 3.63) is 52.9 Å². The van der Waals surface area contributed by atoms with Crippen LogP contribution >= 0.6 is 11.3 Å². The van der Waals surface area contributed by atoms with Gasteiger partial charge in [0.2, 0.25) is 11.8 Å². The molecule has 1 aromatic carbocycles. The standard InChI is InChI=1S/C18H17FN4OS/c1-24-15-9-10-20-18(22-15)21-13-3-2-4-14-16(13)23-17(25-14)11-5-7-12(19)8-6-11/h5-10,13H,2-4H2,1H3,(H,20,21,22). The highest BCUT2D eigenvalue weighted by atomic mass is 32.1. The van der Waals surface area contributed by atoms with E-state index in [4.69, 9.17) is 9.72 Å². The molecular formula is C18H17FN4OS. The lowest BCUT2D eigenvalue weighted by Gasteiger charge is -2.22. The van der Waals surface area contributed by atoms with Gasteiger partial charge in [0.15, 0.2) is 0 Å². The number of halogens is 1. The number of thiazole rings is 1. The van der Waals surface area contributed by atoms with Crippen molar-refractivity contribution in [1.29, 1.82) is 0 Å². The Balaban J connectivity index is 1.62. The molecule has 5 nitrogen and oxygen atoms in total. The third-order valence-corrected chi connectivity index (χ3v) is 5.37. The van der Waals surface area contributed by atoms with Crippen LogP contribution in [0.4, 0.5) is 10.3 Å². The summed E-state index contributed by atoms with van der Waals surface area (Å²) in [7, 11) is 1.58. The van der Waals surface area contributed by atoms with Crippen LogP contribution in [0, 0.1) is 5.82 Å². The first-order chi connectivity index (χ1) is 12.2. The van der Waals surface area contributed by atoms with Crippen LogP contribution < -0.4 is 10.1 Å². The lowest BCUT2D eigenvalue weighted by molar-refractivity contribution is 0.397. The Labute approximate surface area is 148 Å². The number of aromatic nitrogens is 3. The molecule has 0 saturated carbocycles. The number of hydrogen-bond donors (Lipinski definition) is 1. The molecule has 4 rings (SSSR count).